The fourth-order valence-corrected chi connectivity index (χ4v) is 7.91. The molecule has 9 rings (SSSR count). The maximum absolute atomic E-state index is 2.40. The summed E-state index contributed by atoms with van der Waals surface area (Å²) in [7, 11) is 0. The Morgan fingerprint density at radius 1 is 0.422 bits per heavy atom. The molecule has 2 nitrogen and oxygen atoms in total. The summed E-state index contributed by atoms with van der Waals surface area (Å²) in [5, 5.41) is 5.12. The second kappa shape index (κ2) is 10.5. The van der Waals surface area contributed by atoms with Gasteiger partial charge in [0.25, 0.3) is 0 Å². The fourth-order valence-electron chi connectivity index (χ4n) is 6.73. The Hall–Kier alpha value is -5.64. The van der Waals surface area contributed by atoms with Gasteiger partial charge in [0.15, 0.2) is 0 Å². The SMILES string of the molecule is c1ccc(-c2ccc(N(c3ccccc3)c3cccc4c3sc3ccc(-n5c6ccccc6c6ccccc65)cc34)cc2)cc1. The van der Waals surface area contributed by atoms with Crippen molar-refractivity contribution in [1.29, 1.82) is 0 Å². The lowest BCUT2D eigenvalue weighted by atomic mass is 10.0. The molecule has 3 heteroatoms. The van der Waals surface area contributed by atoms with Crippen LogP contribution >= 0.6 is 11.3 Å². The Bertz CT molecular complexity index is 2420. The van der Waals surface area contributed by atoms with Crippen molar-refractivity contribution in [1.82, 2.24) is 4.57 Å². The number of para-hydroxylation sites is 3. The number of hydrogen-bond acceptors (Lipinski definition) is 2. The first-order valence-electron chi connectivity index (χ1n) is 15.3. The summed E-state index contributed by atoms with van der Waals surface area (Å²) < 4.78 is 4.97. The van der Waals surface area contributed by atoms with E-state index in [9.17, 15) is 0 Å². The Balaban J connectivity index is 1.23. The molecule has 2 aromatic heterocycles. The van der Waals surface area contributed by atoms with Gasteiger partial charge in [0.05, 0.1) is 21.4 Å². The predicted molar refractivity (Wildman–Crippen MR) is 194 cm³/mol. The Morgan fingerprint density at radius 3 is 1.71 bits per heavy atom. The predicted octanol–water partition coefficient (Wildman–Crippen LogP) is 12.3. The summed E-state index contributed by atoms with van der Waals surface area (Å²) >= 11 is 1.87. The average molecular weight is 593 g/mol. The molecule has 45 heavy (non-hydrogen) atoms. The highest BCUT2D eigenvalue weighted by Gasteiger charge is 2.19. The van der Waals surface area contributed by atoms with E-state index in [1.165, 1.54) is 64.5 Å². The van der Waals surface area contributed by atoms with Crippen LogP contribution in [0.2, 0.25) is 0 Å². The van der Waals surface area contributed by atoms with Crippen LogP contribution in [0.5, 0.6) is 0 Å². The average Bonchev–Trinajstić information content (AvgIpc) is 3.66. The summed E-state index contributed by atoms with van der Waals surface area (Å²) in [5.41, 5.74) is 9.54. The number of nitrogens with zero attached hydrogens (tertiary/aromatic N) is 2. The molecule has 0 spiro atoms. The van der Waals surface area contributed by atoms with Gasteiger partial charge in [-0.2, -0.15) is 0 Å². The Labute approximate surface area is 265 Å². The van der Waals surface area contributed by atoms with Gasteiger partial charge in [-0.3, -0.25) is 0 Å². The van der Waals surface area contributed by atoms with Gasteiger partial charge in [0.1, 0.15) is 0 Å². The quantitative estimate of drug-likeness (QED) is 0.193. The third-order valence-corrected chi connectivity index (χ3v) is 9.99. The Kier molecular flexibility index (Phi) is 6.03. The van der Waals surface area contributed by atoms with Gasteiger partial charge in [-0.15, -0.1) is 11.3 Å². The van der Waals surface area contributed by atoms with Gasteiger partial charge >= 0.3 is 0 Å². The second-order valence-electron chi connectivity index (χ2n) is 11.4. The number of thiophene rings is 1. The van der Waals surface area contributed by atoms with Crippen LogP contribution in [0.3, 0.4) is 0 Å². The highest BCUT2D eigenvalue weighted by molar-refractivity contribution is 7.26. The van der Waals surface area contributed by atoms with E-state index in [0.29, 0.717) is 0 Å². The fraction of sp³-hybridized carbons (Fsp3) is 0. The lowest BCUT2D eigenvalue weighted by Crippen LogP contribution is -2.09. The van der Waals surface area contributed by atoms with Gasteiger partial charge in [-0.25, -0.2) is 0 Å². The molecule has 0 saturated heterocycles. The molecule has 2 heterocycles. The van der Waals surface area contributed by atoms with Crippen LogP contribution in [-0.2, 0) is 0 Å². The van der Waals surface area contributed by atoms with E-state index in [2.05, 4.69) is 179 Å². The number of benzene rings is 7. The smallest absolute Gasteiger partial charge is 0.0640 e. The summed E-state index contributed by atoms with van der Waals surface area (Å²) in [4.78, 5) is 2.39. The number of anilines is 3. The van der Waals surface area contributed by atoms with Crippen molar-refractivity contribution < 1.29 is 0 Å². The van der Waals surface area contributed by atoms with E-state index < -0.39 is 0 Å². The van der Waals surface area contributed by atoms with Crippen LogP contribution < -0.4 is 4.90 Å². The van der Waals surface area contributed by atoms with Gasteiger partial charge in [0, 0.05) is 43.3 Å². The van der Waals surface area contributed by atoms with Crippen LogP contribution in [0, 0.1) is 0 Å². The second-order valence-corrected chi connectivity index (χ2v) is 12.4. The number of hydrogen-bond donors (Lipinski definition) is 0. The summed E-state index contributed by atoms with van der Waals surface area (Å²) in [6, 6.07) is 61.3. The maximum Gasteiger partial charge on any atom is 0.0640 e. The van der Waals surface area contributed by atoms with Crippen molar-refractivity contribution in [2.24, 2.45) is 0 Å². The molecule has 0 fully saturated rings. The third-order valence-electron chi connectivity index (χ3n) is 8.79. The summed E-state index contributed by atoms with van der Waals surface area (Å²) in [6.07, 6.45) is 0. The molecule has 0 aliphatic rings. The van der Waals surface area contributed by atoms with Crippen molar-refractivity contribution in [3.63, 3.8) is 0 Å². The topological polar surface area (TPSA) is 8.17 Å². The molecule has 7 aromatic carbocycles. The van der Waals surface area contributed by atoms with Crippen molar-refractivity contribution in [2.75, 3.05) is 4.90 Å². The van der Waals surface area contributed by atoms with E-state index in [1.54, 1.807) is 0 Å². The first-order valence-corrected chi connectivity index (χ1v) is 16.1. The molecule has 0 atom stereocenters. The molecule has 0 bridgehead atoms. The first-order chi connectivity index (χ1) is 22.3. The summed E-state index contributed by atoms with van der Waals surface area (Å²) in [6.45, 7) is 0. The van der Waals surface area contributed by atoms with E-state index >= 15 is 0 Å². The lowest BCUT2D eigenvalue weighted by molar-refractivity contribution is 1.19. The molecule has 0 saturated carbocycles. The maximum atomic E-state index is 2.40. The third kappa shape index (κ3) is 4.24. The molecular weight excluding hydrogens is 565 g/mol. The highest BCUT2D eigenvalue weighted by atomic mass is 32.1. The molecular formula is C42H28N2S. The van der Waals surface area contributed by atoms with Gasteiger partial charge in [-0.1, -0.05) is 109 Å². The normalized spacial score (nSPS) is 11.6. The molecule has 0 aliphatic heterocycles. The monoisotopic (exact) mass is 592 g/mol. The Morgan fingerprint density at radius 2 is 1.00 bits per heavy atom. The van der Waals surface area contributed by atoms with Crippen molar-refractivity contribution >= 4 is 70.4 Å². The summed E-state index contributed by atoms with van der Waals surface area (Å²) in [5.74, 6) is 0. The molecule has 0 aliphatic carbocycles. The minimum Gasteiger partial charge on any atom is -0.309 e. The van der Waals surface area contributed by atoms with Crippen LogP contribution in [0.15, 0.2) is 170 Å². The molecule has 0 amide bonds. The number of rotatable bonds is 5. The van der Waals surface area contributed by atoms with Crippen molar-refractivity contribution in [3.8, 4) is 16.8 Å². The van der Waals surface area contributed by atoms with Gasteiger partial charge in [0.2, 0.25) is 0 Å². The van der Waals surface area contributed by atoms with E-state index in [4.69, 9.17) is 0 Å². The highest BCUT2D eigenvalue weighted by Crippen LogP contribution is 2.45. The van der Waals surface area contributed by atoms with Crippen LogP contribution in [0.1, 0.15) is 0 Å². The molecule has 212 valence electrons. The van der Waals surface area contributed by atoms with Gasteiger partial charge < -0.3 is 9.47 Å². The van der Waals surface area contributed by atoms with E-state index in [0.717, 1.165) is 11.4 Å². The van der Waals surface area contributed by atoms with Crippen LogP contribution in [0.4, 0.5) is 17.1 Å². The number of fused-ring (bicyclic) bond motifs is 6. The lowest BCUT2D eigenvalue weighted by Gasteiger charge is -2.26. The van der Waals surface area contributed by atoms with Crippen molar-refractivity contribution in [2.45, 2.75) is 0 Å². The van der Waals surface area contributed by atoms with Gasteiger partial charge in [-0.05, 0) is 71.8 Å². The van der Waals surface area contributed by atoms with Crippen LogP contribution in [-0.4, -0.2) is 4.57 Å². The number of aromatic nitrogens is 1. The minimum absolute atomic E-state index is 1.14. The van der Waals surface area contributed by atoms with E-state index in [1.807, 2.05) is 11.3 Å². The zero-order valence-corrected chi connectivity index (χ0v) is 25.3. The zero-order valence-electron chi connectivity index (χ0n) is 24.5. The largest absolute Gasteiger partial charge is 0.309 e. The molecule has 0 unspecified atom stereocenters. The molecule has 0 N–H and O–H groups in total. The van der Waals surface area contributed by atoms with Crippen LogP contribution in [0.25, 0.3) is 58.8 Å². The minimum atomic E-state index is 1.14. The van der Waals surface area contributed by atoms with Crippen molar-refractivity contribution in [3.05, 3.63) is 170 Å². The zero-order chi connectivity index (χ0) is 29.7. The van der Waals surface area contributed by atoms with E-state index in [-0.39, 0.29) is 0 Å². The standard InChI is InChI=1S/C42H28N2S/c1-3-12-29(13-4-1)30-22-24-32(25-23-30)43(31-14-5-2-6-15-31)40-21-11-18-36-37-28-33(26-27-41(37)45-42(36)40)44-38-19-9-7-16-34(38)35-17-8-10-20-39(35)44/h1-28H. The molecule has 0 radical (unpaired) electrons. The molecule has 9 aromatic rings. The first kappa shape index (κ1) is 25.8.